The first-order chi connectivity index (χ1) is 9.93. The molecule has 2 rings (SSSR count). The number of rotatable bonds is 4. The number of H-pyrrole nitrogens is 1. The van der Waals surface area contributed by atoms with Gasteiger partial charge < -0.3 is 9.88 Å². The van der Waals surface area contributed by atoms with Crippen molar-refractivity contribution in [3.05, 3.63) is 36.0 Å². The molecule has 1 N–H and O–H groups in total. The second kappa shape index (κ2) is 4.49. The van der Waals surface area contributed by atoms with Crippen LogP contribution in [0.4, 0.5) is 0 Å². The molecular weight excluding hydrogens is 184 g/mol. The average Bonchev–Trinajstić information content (AvgIpc) is 2.67. The minimum atomic E-state index is -2.88. The summed E-state index contributed by atoms with van der Waals surface area (Å²) >= 11 is 0. The van der Waals surface area contributed by atoms with Crippen LogP contribution in [0.15, 0.2) is 30.5 Å². The van der Waals surface area contributed by atoms with Crippen LogP contribution in [0.2, 0.25) is 0 Å². The maximum Gasteiger partial charge on any atom is 0.0456 e. The van der Waals surface area contributed by atoms with E-state index in [0.717, 1.165) is 17.8 Å². The molecule has 0 saturated carbocycles. The quantitative estimate of drug-likeness (QED) is 0.820. The third-order valence-corrected chi connectivity index (χ3v) is 2.33. The van der Waals surface area contributed by atoms with Crippen molar-refractivity contribution in [2.75, 3.05) is 20.0 Å². The summed E-state index contributed by atoms with van der Waals surface area (Å²) in [6.45, 7) is -6.52. The van der Waals surface area contributed by atoms with Gasteiger partial charge in [0.2, 0.25) is 0 Å². The van der Waals surface area contributed by atoms with Crippen LogP contribution in [0.3, 0.4) is 0 Å². The highest BCUT2D eigenvalue weighted by molar-refractivity contribution is 5.83. The average molecular weight is 209 g/mol. The lowest BCUT2D eigenvalue weighted by molar-refractivity contribution is 0.358. The van der Waals surface area contributed by atoms with Gasteiger partial charge in [-0.1, -0.05) is 25.1 Å². The molecule has 1 aromatic heterocycles. The number of benzene rings is 1. The second-order valence-corrected chi connectivity index (χ2v) is 3.25. The van der Waals surface area contributed by atoms with Gasteiger partial charge in [0.05, 0.1) is 0 Å². The molecule has 0 fully saturated rings. The Bertz CT molecular complexity index is 640. The molecular formula is C13H18N2. The Morgan fingerprint density at radius 2 is 2.33 bits per heavy atom. The number of fused-ring (bicyclic) bond motifs is 1. The first kappa shape index (κ1) is 4.71. The molecule has 0 aliphatic rings. The van der Waals surface area contributed by atoms with Gasteiger partial charge in [0.1, 0.15) is 0 Å². The van der Waals surface area contributed by atoms with E-state index in [9.17, 15) is 0 Å². The number of nitrogens with zero attached hydrogens (tertiary/aromatic N) is 1. The fourth-order valence-corrected chi connectivity index (χ4v) is 1.52. The van der Waals surface area contributed by atoms with Gasteiger partial charge in [0, 0.05) is 33.2 Å². The highest BCUT2D eigenvalue weighted by atomic mass is 15.1. The minimum Gasteiger partial charge on any atom is -0.361 e. The van der Waals surface area contributed by atoms with Crippen LogP contribution < -0.4 is 0 Å². The van der Waals surface area contributed by atoms with E-state index >= 15 is 0 Å². The Morgan fingerprint density at radius 1 is 1.47 bits per heavy atom. The Kier molecular flexibility index (Phi) is 1.41. The van der Waals surface area contributed by atoms with Gasteiger partial charge in [-0.2, -0.15) is 0 Å². The molecule has 0 aliphatic carbocycles. The fraction of sp³-hybridized carbons (Fsp3) is 0.385. The van der Waals surface area contributed by atoms with Crippen LogP contribution in [0.1, 0.15) is 22.1 Å². The van der Waals surface area contributed by atoms with Gasteiger partial charge in [-0.05, 0) is 31.5 Å². The Balaban J connectivity index is 2.40. The smallest absolute Gasteiger partial charge is 0.0456 e. The van der Waals surface area contributed by atoms with Crippen molar-refractivity contribution in [3.8, 4) is 0 Å². The number of aromatic nitrogens is 1. The van der Waals surface area contributed by atoms with E-state index in [4.69, 9.17) is 9.60 Å². The molecule has 0 atom stereocenters. The Labute approximate surface area is 101 Å². The first-order valence-electron chi connectivity index (χ1n) is 8.28. The predicted molar refractivity (Wildman–Crippen MR) is 65.2 cm³/mol. The molecule has 1 aromatic carbocycles. The van der Waals surface area contributed by atoms with Crippen molar-refractivity contribution in [2.45, 2.75) is 13.3 Å². The van der Waals surface area contributed by atoms with Crippen LogP contribution in [-0.2, 0) is 6.42 Å². The molecule has 0 saturated heterocycles. The number of aromatic amines is 1. The van der Waals surface area contributed by atoms with Crippen LogP contribution >= 0.6 is 0 Å². The minimum absolute atomic E-state index is 0.233. The van der Waals surface area contributed by atoms with E-state index in [1.54, 1.807) is 6.20 Å². The van der Waals surface area contributed by atoms with Gasteiger partial charge in [-0.15, -0.1) is 0 Å². The third-order valence-electron chi connectivity index (χ3n) is 2.33. The van der Waals surface area contributed by atoms with Crippen molar-refractivity contribution >= 4 is 10.9 Å². The summed E-state index contributed by atoms with van der Waals surface area (Å²) in [4.78, 5) is 3.32. The molecule has 0 unspecified atom stereocenters. The molecule has 2 aromatic rings. The standard InChI is InChI=1S/C13H18N2/c1-3-15(2)9-8-11-10-14-13-7-5-4-6-12(11)13/h4-7,10,14H,3,8-9H2,1-2H3/i2D3,3D2,9D2. The van der Waals surface area contributed by atoms with E-state index in [1.165, 1.54) is 0 Å². The number of para-hydroxylation sites is 1. The van der Waals surface area contributed by atoms with Gasteiger partial charge >= 0.3 is 0 Å². The zero-order valence-corrected chi connectivity index (χ0v) is 8.54. The Hall–Kier alpha value is -1.28. The molecule has 2 nitrogen and oxygen atoms in total. The van der Waals surface area contributed by atoms with Crippen LogP contribution in [0.5, 0.6) is 0 Å². The number of aryl methyl sites for hydroxylation is 1. The number of hydrogen-bond donors (Lipinski definition) is 1. The van der Waals surface area contributed by atoms with Gasteiger partial charge in [0.25, 0.3) is 0 Å². The lowest BCUT2D eigenvalue weighted by atomic mass is 10.1. The van der Waals surface area contributed by atoms with E-state index in [2.05, 4.69) is 4.98 Å². The van der Waals surface area contributed by atoms with Gasteiger partial charge in [-0.3, -0.25) is 0 Å². The zero-order chi connectivity index (χ0) is 16.8. The summed E-state index contributed by atoms with van der Waals surface area (Å²) in [5, 5.41) is 0.800. The SMILES string of the molecule is [2H]C([2H])([2H])N(C([2H])([2H])C)C([2H])([2H])Cc1c[nH]c2ccccc12. The largest absolute Gasteiger partial charge is 0.361 e. The van der Waals surface area contributed by atoms with Crippen molar-refractivity contribution in [2.24, 2.45) is 0 Å². The summed E-state index contributed by atoms with van der Waals surface area (Å²) < 4.78 is 54.0. The third kappa shape index (κ3) is 2.21. The predicted octanol–water partition coefficient (Wildman–Crippen LogP) is 2.66. The highest BCUT2D eigenvalue weighted by Crippen LogP contribution is 2.17. The summed E-state index contributed by atoms with van der Waals surface area (Å²) in [6, 6.07) is 7.32. The van der Waals surface area contributed by atoms with E-state index < -0.39 is 20.0 Å². The molecule has 0 radical (unpaired) electrons. The number of nitrogens with one attached hydrogen (secondary N) is 1. The van der Waals surface area contributed by atoms with Gasteiger partial charge in [0.15, 0.2) is 0 Å². The molecule has 0 bridgehead atoms. The maximum absolute atomic E-state index is 8.12. The topological polar surface area (TPSA) is 19.0 Å². The van der Waals surface area contributed by atoms with Crippen molar-refractivity contribution in [3.63, 3.8) is 0 Å². The highest BCUT2D eigenvalue weighted by Gasteiger charge is 2.03. The lowest BCUT2D eigenvalue weighted by Gasteiger charge is -2.12. The van der Waals surface area contributed by atoms with E-state index in [0.29, 0.717) is 10.5 Å². The molecule has 15 heavy (non-hydrogen) atoms. The Morgan fingerprint density at radius 3 is 3.13 bits per heavy atom. The summed E-state index contributed by atoms with van der Waals surface area (Å²) in [5.41, 5.74) is 1.44. The molecule has 0 aliphatic heterocycles. The normalized spacial score (nSPS) is 21.1. The van der Waals surface area contributed by atoms with Crippen LogP contribution in [-0.4, -0.2) is 29.9 Å². The summed E-state index contributed by atoms with van der Waals surface area (Å²) in [6.07, 6.45) is 1.40. The number of likely N-dealkylation sites (N-methyl/N-ethyl adjacent to an activating group) is 1. The zero-order valence-electron chi connectivity index (χ0n) is 15.5. The maximum atomic E-state index is 8.12. The molecule has 0 spiro atoms. The van der Waals surface area contributed by atoms with Crippen molar-refractivity contribution in [1.29, 1.82) is 0 Å². The summed E-state index contributed by atoms with van der Waals surface area (Å²) in [7, 11) is 0. The number of hydrogen-bond acceptors (Lipinski definition) is 1. The monoisotopic (exact) mass is 209 g/mol. The van der Waals surface area contributed by atoms with E-state index in [1.807, 2.05) is 24.3 Å². The summed E-state index contributed by atoms with van der Waals surface area (Å²) in [5.74, 6) is 0. The molecule has 0 amide bonds. The van der Waals surface area contributed by atoms with Gasteiger partial charge in [-0.25, -0.2) is 0 Å². The molecule has 80 valence electrons. The lowest BCUT2D eigenvalue weighted by Crippen LogP contribution is -2.20. The fourth-order valence-electron chi connectivity index (χ4n) is 1.52. The molecule has 1 heterocycles. The molecule has 2 heteroatoms. The van der Waals surface area contributed by atoms with Crippen LogP contribution in [0, 0.1) is 0 Å². The second-order valence-electron chi connectivity index (χ2n) is 3.25. The first-order valence-corrected chi connectivity index (χ1v) is 4.78. The van der Waals surface area contributed by atoms with Crippen molar-refractivity contribution < 1.29 is 9.60 Å². The van der Waals surface area contributed by atoms with E-state index in [-0.39, 0.29) is 6.42 Å². The van der Waals surface area contributed by atoms with Crippen molar-refractivity contribution in [1.82, 2.24) is 9.88 Å². The van der Waals surface area contributed by atoms with Crippen LogP contribution in [0.25, 0.3) is 10.9 Å².